The van der Waals surface area contributed by atoms with Gasteiger partial charge < -0.3 is 24.4 Å². The van der Waals surface area contributed by atoms with Crippen LogP contribution in [0.25, 0.3) is 5.76 Å². The van der Waals surface area contributed by atoms with Gasteiger partial charge in [0.25, 0.3) is 5.78 Å². The summed E-state index contributed by atoms with van der Waals surface area (Å²) in [6.45, 7) is 5.38. The fourth-order valence-corrected chi connectivity index (χ4v) is 5.28. The molecule has 3 aromatic rings. The first-order valence-corrected chi connectivity index (χ1v) is 12.4. The molecular formula is C27H26N2O8S. The second-order valence-corrected chi connectivity index (χ2v) is 9.39. The van der Waals surface area contributed by atoms with Crippen LogP contribution in [0.2, 0.25) is 0 Å². The molecule has 11 heteroatoms. The van der Waals surface area contributed by atoms with E-state index >= 15 is 0 Å². The number of aromatic hydroxyl groups is 1. The number of carbonyl (C=O) groups excluding carboxylic acids is 3. The third-order valence-corrected chi connectivity index (χ3v) is 7.21. The van der Waals surface area contributed by atoms with Gasteiger partial charge in [0.1, 0.15) is 16.4 Å². The zero-order valence-corrected chi connectivity index (χ0v) is 22.2. The maximum absolute atomic E-state index is 13.4. The summed E-state index contributed by atoms with van der Waals surface area (Å²) in [4.78, 5) is 44.8. The number of anilines is 1. The third-order valence-electron chi connectivity index (χ3n) is 6.07. The Morgan fingerprint density at radius 1 is 1.11 bits per heavy atom. The van der Waals surface area contributed by atoms with Crippen molar-refractivity contribution in [2.24, 2.45) is 0 Å². The van der Waals surface area contributed by atoms with E-state index < -0.39 is 29.5 Å². The Balaban J connectivity index is 1.96. The number of benzene rings is 2. The van der Waals surface area contributed by atoms with Crippen LogP contribution in [0, 0.1) is 13.8 Å². The normalized spacial score (nSPS) is 16.6. The molecule has 1 fully saturated rings. The number of ether oxygens (including phenoxy) is 3. The fourth-order valence-electron chi connectivity index (χ4n) is 4.27. The van der Waals surface area contributed by atoms with Gasteiger partial charge in [-0.2, -0.15) is 0 Å². The summed E-state index contributed by atoms with van der Waals surface area (Å²) in [6.07, 6.45) is 0. The molecule has 2 N–H and O–H groups in total. The zero-order valence-electron chi connectivity index (χ0n) is 21.4. The van der Waals surface area contributed by atoms with E-state index in [-0.39, 0.29) is 33.7 Å². The second kappa shape index (κ2) is 10.5. The highest BCUT2D eigenvalue weighted by Gasteiger charge is 2.48. The molecule has 1 unspecified atom stereocenters. The van der Waals surface area contributed by atoms with E-state index in [0.717, 1.165) is 16.2 Å². The van der Waals surface area contributed by atoms with E-state index in [1.54, 1.807) is 39.0 Å². The number of rotatable bonds is 7. The maximum atomic E-state index is 13.4. The molecule has 1 saturated heterocycles. The summed E-state index contributed by atoms with van der Waals surface area (Å²) < 4.78 is 15.6. The predicted molar refractivity (Wildman–Crippen MR) is 140 cm³/mol. The van der Waals surface area contributed by atoms with Crippen molar-refractivity contribution < 1.29 is 38.8 Å². The van der Waals surface area contributed by atoms with Crippen molar-refractivity contribution in [2.75, 3.05) is 25.7 Å². The van der Waals surface area contributed by atoms with Crippen LogP contribution in [0.5, 0.6) is 17.2 Å². The lowest BCUT2D eigenvalue weighted by Gasteiger charge is -2.23. The van der Waals surface area contributed by atoms with E-state index in [9.17, 15) is 24.6 Å². The average Bonchev–Trinajstić information content (AvgIpc) is 3.41. The second-order valence-electron chi connectivity index (χ2n) is 8.42. The monoisotopic (exact) mass is 538 g/mol. The SMILES string of the molecule is CCOc1cc(C2/C(=C(\O)c3ccc(OC)c(C)c3)C(=O)C(=O)N2c2nc(C)c(C(=O)OC)s2)ccc1O. The number of aryl methyl sites for hydroxylation is 2. The van der Waals surface area contributed by atoms with Crippen LogP contribution in [0.4, 0.5) is 5.13 Å². The number of methoxy groups -OCH3 is 2. The van der Waals surface area contributed by atoms with Gasteiger partial charge >= 0.3 is 11.9 Å². The first-order valence-electron chi connectivity index (χ1n) is 11.6. The summed E-state index contributed by atoms with van der Waals surface area (Å²) in [5.74, 6) is -2.28. The van der Waals surface area contributed by atoms with Gasteiger partial charge in [-0.05, 0) is 62.2 Å². The average molecular weight is 539 g/mol. The number of thiazole rings is 1. The Kier molecular flexibility index (Phi) is 7.40. The lowest BCUT2D eigenvalue weighted by atomic mass is 9.94. The molecule has 1 atom stereocenters. The molecule has 0 spiro atoms. The number of phenolic OH excluding ortho intramolecular Hbond substituents is 1. The molecule has 1 aromatic heterocycles. The van der Waals surface area contributed by atoms with E-state index in [1.165, 1.54) is 32.4 Å². The number of Topliss-reactive ketones (excluding diaryl/α,β-unsaturated/α-hetero) is 1. The predicted octanol–water partition coefficient (Wildman–Crippen LogP) is 4.29. The number of amides is 1. The lowest BCUT2D eigenvalue weighted by Crippen LogP contribution is -2.29. The Morgan fingerprint density at radius 3 is 2.47 bits per heavy atom. The molecule has 0 aliphatic carbocycles. The molecule has 4 rings (SSSR count). The molecule has 10 nitrogen and oxygen atoms in total. The number of phenols is 1. The third kappa shape index (κ3) is 4.56. The summed E-state index contributed by atoms with van der Waals surface area (Å²) in [5.41, 5.74) is 1.54. The minimum absolute atomic E-state index is 0.0750. The van der Waals surface area contributed by atoms with E-state index in [2.05, 4.69) is 4.98 Å². The number of carbonyl (C=O) groups is 3. The van der Waals surface area contributed by atoms with Gasteiger partial charge in [0, 0.05) is 5.56 Å². The number of hydrogen-bond donors (Lipinski definition) is 2. The standard InChI is InChI=1S/C27H26N2O8S/c1-6-37-19-12-15(7-9-17(19)30)21-20(22(31)16-8-10-18(35-4)13(2)11-16)23(32)25(33)29(21)27-28-14(3)24(38-27)26(34)36-5/h7-12,21,30-31H,6H2,1-5H3/b22-20+. The fraction of sp³-hybridized carbons (Fsp3) is 0.259. The van der Waals surface area contributed by atoms with Gasteiger partial charge in [-0.25, -0.2) is 9.78 Å². The largest absolute Gasteiger partial charge is 0.507 e. The van der Waals surface area contributed by atoms with Crippen LogP contribution in [0.1, 0.15) is 45.0 Å². The highest BCUT2D eigenvalue weighted by atomic mass is 32.1. The molecule has 0 bridgehead atoms. The summed E-state index contributed by atoms with van der Waals surface area (Å²) in [5, 5.41) is 21.7. The summed E-state index contributed by atoms with van der Waals surface area (Å²) in [7, 11) is 2.75. The van der Waals surface area contributed by atoms with Crippen LogP contribution < -0.4 is 14.4 Å². The van der Waals surface area contributed by atoms with Gasteiger partial charge in [-0.3, -0.25) is 14.5 Å². The quantitative estimate of drug-likeness (QED) is 0.195. The molecule has 0 radical (unpaired) electrons. The van der Waals surface area contributed by atoms with Crippen LogP contribution in [0.15, 0.2) is 42.0 Å². The highest BCUT2D eigenvalue weighted by molar-refractivity contribution is 7.17. The van der Waals surface area contributed by atoms with Crippen molar-refractivity contribution in [3.63, 3.8) is 0 Å². The number of aliphatic hydroxyl groups excluding tert-OH is 1. The molecule has 198 valence electrons. The maximum Gasteiger partial charge on any atom is 0.350 e. The van der Waals surface area contributed by atoms with Crippen molar-refractivity contribution in [2.45, 2.75) is 26.8 Å². The number of aromatic nitrogens is 1. The molecule has 1 aliphatic heterocycles. The van der Waals surface area contributed by atoms with Crippen molar-refractivity contribution in [1.82, 2.24) is 4.98 Å². The highest BCUT2D eigenvalue weighted by Crippen LogP contribution is 2.45. The summed E-state index contributed by atoms with van der Waals surface area (Å²) in [6, 6.07) is 8.14. The van der Waals surface area contributed by atoms with Crippen LogP contribution >= 0.6 is 11.3 Å². The van der Waals surface area contributed by atoms with Crippen molar-refractivity contribution >= 4 is 39.9 Å². The van der Waals surface area contributed by atoms with Gasteiger partial charge in [0.15, 0.2) is 16.6 Å². The number of aliphatic hydroxyl groups is 1. The molecule has 0 saturated carbocycles. The Morgan fingerprint density at radius 2 is 1.84 bits per heavy atom. The van der Waals surface area contributed by atoms with Gasteiger partial charge in [-0.15, -0.1) is 0 Å². The smallest absolute Gasteiger partial charge is 0.350 e. The summed E-state index contributed by atoms with van der Waals surface area (Å²) >= 11 is 0.894. The van der Waals surface area contributed by atoms with Gasteiger partial charge in [0.05, 0.1) is 38.1 Å². The van der Waals surface area contributed by atoms with Crippen LogP contribution in [-0.2, 0) is 14.3 Å². The van der Waals surface area contributed by atoms with E-state index in [4.69, 9.17) is 14.2 Å². The number of hydrogen-bond acceptors (Lipinski definition) is 10. The van der Waals surface area contributed by atoms with Crippen molar-refractivity contribution in [3.05, 3.63) is 69.2 Å². The Hall–Kier alpha value is -4.38. The lowest BCUT2D eigenvalue weighted by molar-refractivity contribution is -0.132. The molecule has 1 amide bonds. The van der Waals surface area contributed by atoms with Gasteiger partial charge in [-0.1, -0.05) is 17.4 Å². The Bertz CT molecular complexity index is 1480. The van der Waals surface area contributed by atoms with Crippen LogP contribution in [-0.4, -0.2) is 53.7 Å². The first kappa shape index (κ1) is 26.7. The van der Waals surface area contributed by atoms with Crippen molar-refractivity contribution in [3.8, 4) is 17.2 Å². The molecule has 2 aromatic carbocycles. The van der Waals surface area contributed by atoms with Gasteiger partial charge in [0.2, 0.25) is 0 Å². The molecule has 38 heavy (non-hydrogen) atoms. The number of ketones is 1. The van der Waals surface area contributed by atoms with Crippen LogP contribution in [0.3, 0.4) is 0 Å². The minimum Gasteiger partial charge on any atom is -0.507 e. The minimum atomic E-state index is -1.13. The Labute approximate surface area is 222 Å². The number of nitrogens with zero attached hydrogens (tertiary/aromatic N) is 2. The van der Waals surface area contributed by atoms with E-state index in [1.807, 2.05) is 0 Å². The molecule has 2 heterocycles. The first-order chi connectivity index (χ1) is 18.1. The topological polar surface area (TPSA) is 135 Å². The van der Waals surface area contributed by atoms with Crippen molar-refractivity contribution in [1.29, 1.82) is 0 Å². The molecule has 1 aliphatic rings. The molecular weight excluding hydrogens is 512 g/mol. The zero-order chi connectivity index (χ0) is 27.7. The van der Waals surface area contributed by atoms with E-state index in [0.29, 0.717) is 28.1 Å². The number of esters is 1.